The first-order chi connectivity index (χ1) is 14.7. The lowest BCUT2D eigenvalue weighted by Gasteiger charge is -2.24. The molecular formula is C19H16Cl2N8O2. The van der Waals surface area contributed by atoms with Crippen molar-refractivity contribution in [2.75, 3.05) is 5.32 Å². The third-order valence-electron chi connectivity index (χ3n) is 5.30. The minimum absolute atomic E-state index is 0.135. The Morgan fingerprint density at radius 2 is 1.90 bits per heavy atom. The largest absolute Gasteiger partial charge is 0.375 e. The van der Waals surface area contributed by atoms with E-state index >= 15 is 0 Å². The molecule has 1 aliphatic rings. The van der Waals surface area contributed by atoms with Gasteiger partial charge in [-0.1, -0.05) is 37.0 Å². The summed E-state index contributed by atoms with van der Waals surface area (Å²) in [4.78, 5) is 23.0. The van der Waals surface area contributed by atoms with Crippen LogP contribution in [0.5, 0.6) is 0 Å². The summed E-state index contributed by atoms with van der Waals surface area (Å²) in [5.41, 5.74) is -0.476. The topological polar surface area (TPSA) is 123 Å². The molecule has 1 unspecified atom stereocenters. The molecule has 1 aliphatic carbocycles. The van der Waals surface area contributed by atoms with Gasteiger partial charge < -0.3 is 10.4 Å². The average molecular weight is 459 g/mol. The number of aromatic nitrogens is 7. The number of carbonyl (C=O) groups is 1. The second-order valence-corrected chi connectivity index (χ2v) is 8.77. The first-order valence-corrected chi connectivity index (χ1v) is 10.1. The molecule has 0 bridgehead atoms. The molecule has 4 heterocycles. The van der Waals surface area contributed by atoms with Crippen molar-refractivity contribution in [2.24, 2.45) is 0 Å². The van der Waals surface area contributed by atoms with Crippen LogP contribution in [0.15, 0.2) is 36.9 Å². The fourth-order valence-electron chi connectivity index (χ4n) is 4.09. The monoisotopic (exact) mass is 458 g/mol. The van der Waals surface area contributed by atoms with Crippen molar-refractivity contribution in [3.63, 3.8) is 0 Å². The van der Waals surface area contributed by atoms with Crippen LogP contribution in [0.1, 0.15) is 31.5 Å². The Bertz CT molecular complexity index is 1330. The summed E-state index contributed by atoms with van der Waals surface area (Å²) in [5, 5.41) is 26.9. The molecule has 4 aromatic heterocycles. The minimum Gasteiger partial charge on any atom is -0.375 e. The molecule has 10 nitrogen and oxygen atoms in total. The number of nitrogens with one attached hydrogen (secondary N) is 1. The Hall–Kier alpha value is -3.08. The third-order valence-corrected chi connectivity index (χ3v) is 5.76. The number of pyridine rings is 1. The Kier molecular flexibility index (Phi) is 4.30. The number of anilines is 1. The van der Waals surface area contributed by atoms with Crippen molar-refractivity contribution in [3.05, 3.63) is 58.4 Å². The van der Waals surface area contributed by atoms with Crippen LogP contribution in [0.25, 0.3) is 11.5 Å². The van der Waals surface area contributed by atoms with Crippen molar-refractivity contribution in [1.82, 2.24) is 34.6 Å². The molecule has 12 heteroatoms. The zero-order valence-electron chi connectivity index (χ0n) is 16.4. The molecule has 0 aromatic carbocycles. The van der Waals surface area contributed by atoms with Gasteiger partial charge in [-0.3, -0.25) is 4.79 Å². The summed E-state index contributed by atoms with van der Waals surface area (Å²) in [6, 6.07) is 3.14. The summed E-state index contributed by atoms with van der Waals surface area (Å²) in [6.45, 7) is 3.85. The van der Waals surface area contributed by atoms with Gasteiger partial charge in [-0.15, -0.1) is 4.80 Å². The number of carbonyl (C=O) groups excluding carboxylic acids is 1. The molecule has 31 heavy (non-hydrogen) atoms. The van der Waals surface area contributed by atoms with E-state index in [0.717, 1.165) is 0 Å². The van der Waals surface area contributed by atoms with E-state index in [0.29, 0.717) is 28.4 Å². The van der Waals surface area contributed by atoms with Gasteiger partial charge in [0.05, 0.1) is 35.0 Å². The zero-order chi connectivity index (χ0) is 22.0. The number of hydrogen-bond donors (Lipinski definition) is 2. The lowest BCUT2D eigenvalue weighted by molar-refractivity contribution is -0.135. The predicted octanol–water partition coefficient (Wildman–Crippen LogP) is 2.52. The van der Waals surface area contributed by atoms with Crippen molar-refractivity contribution in [1.29, 1.82) is 0 Å². The van der Waals surface area contributed by atoms with E-state index in [1.54, 1.807) is 10.6 Å². The van der Waals surface area contributed by atoms with Gasteiger partial charge in [-0.05, 0) is 6.07 Å². The van der Waals surface area contributed by atoms with Gasteiger partial charge >= 0.3 is 0 Å². The van der Waals surface area contributed by atoms with Crippen molar-refractivity contribution >= 4 is 40.4 Å². The van der Waals surface area contributed by atoms with E-state index in [4.69, 9.17) is 23.2 Å². The van der Waals surface area contributed by atoms with Crippen LogP contribution in [0.2, 0.25) is 10.2 Å². The van der Waals surface area contributed by atoms with E-state index < -0.39 is 16.9 Å². The first-order valence-electron chi connectivity index (χ1n) is 9.30. The van der Waals surface area contributed by atoms with Gasteiger partial charge in [-0.2, -0.15) is 15.3 Å². The molecule has 0 saturated heterocycles. The standard InChI is InChI=1S/C19H16Cl2N8O2/c1-18(2)9-19(31,11-8-22-14-6-13(21)27-28(14)15(11)18)17(30)26-10-5-12(20)16(23-7-10)29-24-3-4-25-29/h3-8,31H,9H2,1-2H3,(H,26,30). The summed E-state index contributed by atoms with van der Waals surface area (Å²) >= 11 is 12.3. The molecule has 0 aliphatic heterocycles. The fourth-order valence-corrected chi connectivity index (χ4v) is 4.50. The lowest BCUT2D eigenvalue weighted by Crippen LogP contribution is -2.39. The molecule has 0 fully saturated rings. The summed E-state index contributed by atoms with van der Waals surface area (Å²) < 4.78 is 1.58. The van der Waals surface area contributed by atoms with Crippen LogP contribution < -0.4 is 5.32 Å². The normalized spacial score (nSPS) is 19.5. The highest BCUT2D eigenvalue weighted by atomic mass is 35.5. The van der Waals surface area contributed by atoms with Crippen LogP contribution in [-0.2, 0) is 15.8 Å². The first kappa shape index (κ1) is 19.9. The highest BCUT2D eigenvalue weighted by molar-refractivity contribution is 6.32. The van der Waals surface area contributed by atoms with Gasteiger partial charge in [0.25, 0.3) is 5.91 Å². The number of nitrogens with zero attached hydrogens (tertiary/aromatic N) is 7. The zero-order valence-corrected chi connectivity index (χ0v) is 17.9. The summed E-state index contributed by atoms with van der Waals surface area (Å²) in [5.74, 6) is -0.306. The van der Waals surface area contributed by atoms with Crippen LogP contribution >= 0.6 is 23.2 Å². The highest BCUT2D eigenvalue weighted by Crippen LogP contribution is 2.48. The van der Waals surface area contributed by atoms with Gasteiger partial charge in [0.15, 0.2) is 22.2 Å². The van der Waals surface area contributed by atoms with Crippen molar-refractivity contribution in [2.45, 2.75) is 31.3 Å². The number of aliphatic hydroxyl groups is 1. The van der Waals surface area contributed by atoms with E-state index in [9.17, 15) is 9.90 Å². The molecule has 4 aromatic rings. The molecule has 5 rings (SSSR count). The summed E-state index contributed by atoms with van der Waals surface area (Å²) in [7, 11) is 0. The van der Waals surface area contributed by atoms with Gasteiger partial charge in [0, 0.05) is 29.7 Å². The fraction of sp³-hybridized carbons (Fsp3) is 0.263. The number of rotatable bonds is 3. The second-order valence-electron chi connectivity index (χ2n) is 7.98. The van der Waals surface area contributed by atoms with Gasteiger partial charge in [-0.25, -0.2) is 14.5 Å². The van der Waals surface area contributed by atoms with Crippen LogP contribution in [-0.4, -0.2) is 45.6 Å². The molecular weight excluding hydrogens is 443 g/mol. The number of fused-ring (bicyclic) bond motifs is 3. The van der Waals surface area contributed by atoms with Crippen LogP contribution in [0, 0.1) is 0 Å². The Balaban J connectivity index is 1.51. The van der Waals surface area contributed by atoms with Crippen molar-refractivity contribution < 1.29 is 9.90 Å². The Morgan fingerprint density at radius 1 is 1.16 bits per heavy atom. The highest BCUT2D eigenvalue weighted by Gasteiger charge is 2.53. The molecule has 1 amide bonds. The molecule has 0 radical (unpaired) electrons. The SMILES string of the molecule is CC1(C)CC(O)(C(=O)Nc2cnc(-n3nccn3)c(Cl)c2)c2cnc3cc(Cl)nn3c21. The van der Waals surface area contributed by atoms with Gasteiger partial charge in [0.2, 0.25) is 0 Å². The molecule has 0 saturated carbocycles. The molecule has 0 spiro atoms. The number of amides is 1. The lowest BCUT2D eigenvalue weighted by atomic mass is 9.87. The summed E-state index contributed by atoms with van der Waals surface area (Å²) in [6.07, 6.45) is 6.05. The molecule has 2 N–H and O–H groups in total. The van der Waals surface area contributed by atoms with E-state index in [2.05, 4.69) is 30.6 Å². The van der Waals surface area contributed by atoms with E-state index in [-0.39, 0.29) is 16.6 Å². The van der Waals surface area contributed by atoms with Crippen LogP contribution in [0.3, 0.4) is 0 Å². The predicted molar refractivity (Wildman–Crippen MR) is 112 cm³/mol. The van der Waals surface area contributed by atoms with Crippen LogP contribution in [0.4, 0.5) is 5.69 Å². The quantitative estimate of drug-likeness (QED) is 0.483. The van der Waals surface area contributed by atoms with Gasteiger partial charge in [0.1, 0.15) is 0 Å². The Morgan fingerprint density at radius 3 is 2.61 bits per heavy atom. The Labute approximate surface area is 185 Å². The smallest absolute Gasteiger partial charge is 0.261 e. The number of hydrogen-bond acceptors (Lipinski definition) is 7. The third kappa shape index (κ3) is 3.06. The maximum absolute atomic E-state index is 13.2. The number of halogens is 2. The maximum Gasteiger partial charge on any atom is 0.261 e. The van der Waals surface area contributed by atoms with Crippen molar-refractivity contribution in [3.8, 4) is 5.82 Å². The maximum atomic E-state index is 13.2. The average Bonchev–Trinajstić information content (AvgIpc) is 3.39. The molecule has 1 atom stereocenters. The molecule has 158 valence electrons. The minimum atomic E-state index is -1.83. The van der Waals surface area contributed by atoms with E-state index in [1.165, 1.54) is 35.7 Å². The second kappa shape index (κ2) is 6.71. The van der Waals surface area contributed by atoms with E-state index in [1.807, 2.05) is 13.8 Å².